The standard InChI is InChI=1S/C10H14ClN7/c1-3-7-6(5-18(2)17-7)4-13-10-15-8(11)14-9(12)16-10/h5H,3-4H2,1-2H3,(H3,12,13,14,15,16). The van der Waals surface area contributed by atoms with Crippen LogP contribution < -0.4 is 11.1 Å². The molecule has 0 saturated carbocycles. The fourth-order valence-electron chi connectivity index (χ4n) is 1.65. The highest BCUT2D eigenvalue weighted by Gasteiger charge is 2.07. The molecule has 2 rings (SSSR count). The van der Waals surface area contributed by atoms with Crippen LogP contribution in [0.5, 0.6) is 0 Å². The number of aryl methyl sites for hydroxylation is 2. The molecule has 0 bridgehead atoms. The van der Waals surface area contributed by atoms with Crippen LogP contribution in [0.25, 0.3) is 0 Å². The van der Waals surface area contributed by atoms with Crippen molar-refractivity contribution in [3.63, 3.8) is 0 Å². The molecule has 8 heteroatoms. The molecule has 0 aliphatic carbocycles. The van der Waals surface area contributed by atoms with Gasteiger partial charge in [-0.1, -0.05) is 6.92 Å². The Labute approximate surface area is 109 Å². The number of aromatic nitrogens is 5. The van der Waals surface area contributed by atoms with Gasteiger partial charge in [0.25, 0.3) is 0 Å². The molecule has 3 N–H and O–H groups in total. The second-order valence-electron chi connectivity index (χ2n) is 3.77. The van der Waals surface area contributed by atoms with Crippen LogP contribution in [0.15, 0.2) is 6.20 Å². The van der Waals surface area contributed by atoms with Crippen molar-refractivity contribution < 1.29 is 0 Å². The van der Waals surface area contributed by atoms with E-state index in [2.05, 4.69) is 32.3 Å². The first kappa shape index (κ1) is 12.6. The van der Waals surface area contributed by atoms with Crippen LogP contribution in [0.1, 0.15) is 18.2 Å². The summed E-state index contributed by atoms with van der Waals surface area (Å²) in [6.45, 7) is 2.63. The van der Waals surface area contributed by atoms with Gasteiger partial charge in [0.1, 0.15) is 0 Å². The molecule has 18 heavy (non-hydrogen) atoms. The van der Waals surface area contributed by atoms with Crippen LogP contribution in [0.4, 0.5) is 11.9 Å². The second-order valence-corrected chi connectivity index (χ2v) is 4.11. The molecule has 7 nitrogen and oxygen atoms in total. The minimum Gasteiger partial charge on any atom is -0.368 e. The summed E-state index contributed by atoms with van der Waals surface area (Å²) in [6.07, 6.45) is 2.83. The van der Waals surface area contributed by atoms with Crippen LogP contribution in [0.3, 0.4) is 0 Å². The first-order valence-electron chi connectivity index (χ1n) is 5.50. The number of nitrogens with zero attached hydrogens (tertiary/aromatic N) is 5. The Kier molecular flexibility index (Phi) is 3.61. The lowest BCUT2D eigenvalue weighted by Crippen LogP contribution is -2.07. The van der Waals surface area contributed by atoms with Crippen molar-refractivity contribution in [1.82, 2.24) is 24.7 Å². The summed E-state index contributed by atoms with van der Waals surface area (Å²) in [6, 6.07) is 0. The van der Waals surface area contributed by atoms with Gasteiger partial charge in [0.2, 0.25) is 17.2 Å². The number of halogens is 1. The topological polar surface area (TPSA) is 94.5 Å². The lowest BCUT2D eigenvalue weighted by molar-refractivity contribution is 0.746. The van der Waals surface area contributed by atoms with Crippen molar-refractivity contribution in [2.75, 3.05) is 11.1 Å². The zero-order valence-corrected chi connectivity index (χ0v) is 10.9. The zero-order chi connectivity index (χ0) is 13.1. The van der Waals surface area contributed by atoms with Crippen LogP contribution in [-0.4, -0.2) is 24.7 Å². The van der Waals surface area contributed by atoms with Crippen molar-refractivity contribution in [1.29, 1.82) is 0 Å². The predicted octanol–water partition coefficient (Wildman–Crippen LogP) is 1.02. The fourth-order valence-corrected chi connectivity index (χ4v) is 1.81. The molecule has 2 aromatic rings. The minimum absolute atomic E-state index is 0.0758. The monoisotopic (exact) mass is 267 g/mol. The highest BCUT2D eigenvalue weighted by atomic mass is 35.5. The molecule has 2 heterocycles. The van der Waals surface area contributed by atoms with E-state index in [0.29, 0.717) is 12.5 Å². The fraction of sp³-hybridized carbons (Fsp3) is 0.400. The smallest absolute Gasteiger partial charge is 0.229 e. The molecule has 0 saturated heterocycles. The number of nitrogens with two attached hydrogens (primary N) is 1. The highest BCUT2D eigenvalue weighted by Crippen LogP contribution is 2.11. The van der Waals surface area contributed by atoms with Crippen LogP contribution in [-0.2, 0) is 20.0 Å². The Balaban J connectivity index is 2.11. The average Bonchev–Trinajstić information content (AvgIpc) is 2.66. The summed E-state index contributed by atoms with van der Waals surface area (Å²) in [5.74, 6) is 0.456. The predicted molar refractivity (Wildman–Crippen MR) is 69.2 cm³/mol. The van der Waals surface area contributed by atoms with Crippen molar-refractivity contribution in [2.24, 2.45) is 7.05 Å². The van der Waals surface area contributed by atoms with Gasteiger partial charge in [-0.25, -0.2) is 0 Å². The molecule has 96 valence electrons. The number of hydrogen-bond acceptors (Lipinski definition) is 6. The van der Waals surface area contributed by atoms with E-state index in [1.165, 1.54) is 0 Å². The van der Waals surface area contributed by atoms with E-state index in [-0.39, 0.29) is 11.2 Å². The summed E-state index contributed by atoms with van der Waals surface area (Å²) in [7, 11) is 1.89. The van der Waals surface area contributed by atoms with Gasteiger partial charge in [-0.3, -0.25) is 4.68 Å². The van der Waals surface area contributed by atoms with E-state index in [1.54, 1.807) is 4.68 Å². The van der Waals surface area contributed by atoms with E-state index in [4.69, 9.17) is 17.3 Å². The van der Waals surface area contributed by atoms with E-state index in [9.17, 15) is 0 Å². The molecule has 0 aliphatic heterocycles. The quantitative estimate of drug-likeness (QED) is 0.859. The Bertz CT molecular complexity index is 531. The number of anilines is 2. The van der Waals surface area contributed by atoms with Crippen LogP contribution in [0.2, 0.25) is 5.28 Å². The largest absolute Gasteiger partial charge is 0.368 e. The Morgan fingerprint density at radius 1 is 1.39 bits per heavy atom. The first-order valence-corrected chi connectivity index (χ1v) is 5.88. The molecule has 0 fully saturated rings. The molecular formula is C10H14ClN7. The van der Waals surface area contributed by atoms with Gasteiger partial charge in [0.05, 0.1) is 5.69 Å². The second kappa shape index (κ2) is 5.18. The molecule has 0 atom stereocenters. The average molecular weight is 268 g/mol. The molecule has 0 radical (unpaired) electrons. The zero-order valence-electron chi connectivity index (χ0n) is 10.2. The Morgan fingerprint density at radius 3 is 2.83 bits per heavy atom. The Hall–Kier alpha value is -1.89. The van der Waals surface area contributed by atoms with Gasteiger partial charge in [-0.05, 0) is 18.0 Å². The highest BCUT2D eigenvalue weighted by molar-refractivity contribution is 6.28. The van der Waals surface area contributed by atoms with Crippen molar-refractivity contribution in [2.45, 2.75) is 19.9 Å². The molecular weight excluding hydrogens is 254 g/mol. The SMILES string of the molecule is CCc1nn(C)cc1CNc1nc(N)nc(Cl)n1. The van der Waals surface area contributed by atoms with Crippen molar-refractivity contribution in [3.8, 4) is 0 Å². The molecule has 0 spiro atoms. The van der Waals surface area contributed by atoms with Gasteiger partial charge >= 0.3 is 0 Å². The number of rotatable bonds is 4. The summed E-state index contributed by atoms with van der Waals surface area (Å²) in [4.78, 5) is 11.6. The van der Waals surface area contributed by atoms with Crippen LogP contribution in [0, 0.1) is 0 Å². The van der Waals surface area contributed by atoms with E-state index < -0.39 is 0 Å². The summed E-state index contributed by atoms with van der Waals surface area (Å²) >= 11 is 5.70. The Morgan fingerprint density at radius 2 is 2.17 bits per heavy atom. The normalized spacial score (nSPS) is 10.6. The third-order valence-electron chi connectivity index (χ3n) is 2.39. The molecule has 0 aliphatic rings. The summed E-state index contributed by atoms with van der Waals surface area (Å²) < 4.78 is 1.78. The lowest BCUT2D eigenvalue weighted by atomic mass is 10.2. The van der Waals surface area contributed by atoms with Crippen molar-refractivity contribution in [3.05, 3.63) is 22.7 Å². The van der Waals surface area contributed by atoms with Gasteiger partial charge in [0, 0.05) is 25.4 Å². The minimum atomic E-state index is 0.0758. The van der Waals surface area contributed by atoms with E-state index >= 15 is 0 Å². The summed E-state index contributed by atoms with van der Waals surface area (Å²) in [5, 5.41) is 7.48. The van der Waals surface area contributed by atoms with Gasteiger partial charge in [-0.15, -0.1) is 0 Å². The van der Waals surface area contributed by atoms with Crippen molar-refractivity contribution >= 4 is 23.5 Å². The molecule has 0 unspecified atom stereocenters. The van der Waals surface area contributed by atoms with Gasteiger partial charge in [-0.2, -0.15) is 20.1 Å². The lowest BCUT2D eigenvalue weighted by Gasteiger charge is -2.04. The molecule has 0 aromatic carbocycles. The number of hydrogen-bond donors (Lipinski definition) is 2. The van der Waals surface area contributed by atoms with E-state index in [0.717, 1.165) is 17.7 Å². The summed E-state index contributed by atoms with van der Waals surface area (Å²) in [5.41, 5.74) is 7.62. The molecule has 2 aromatic heterocycles. The number of nitrogens with one attached hydrogen (secondary N) is 1. The number of nitrogen functional groups attached to an aromatic ring is 1. The van der Waals surface area contributed by atoms with Gasteiger partial charge in [0.15, 0.2) is 0 Å². The maximum atomic E-state index is 5.70. The van der Waals surface area contributed by atoms with Gasteiger partial charge < -0.3 is 11.1 Å². The maximum absolute atomic E-state index is 5.70. The maximum Gasteiger partial charge on any atom is 0.229 e. The third-order valence-corrected chi connectivity index (χ3v) is 2.56. The van der Waals surface area contributed by atoms with Crippen LogP contribution >= 0.6 is 11.6 Å². The van der Waals surface area contributed by atoms with E-state index in [1.807, 2.05) is 13.2 Å². The molecule has 0 amide bonds. The third kappa shape index (κ3) is 2.86. The first-order chi connectivity index (χ1) is 8.58.